The standard InChI is InChI=1S/C14H14N2O2.C2HF3O2/c15-13(14(17)18)8-10-3-5-11(6-4-10)12-2-1-7-16-9-12;3-2(4,5)1(6)7/h1-7,9,13H,8,15H2,(H,17,18);(H,6,7)/t13-;/m0./s1. The molecule has 1 aromatic carbocycles. The van der Waals surface area contributed by atoms with Crippen LogP contribution in [0.4, 0.5) is 13.2 Å². The Bertz CT molecular complexity index is 704. The van der Waals surface area contributed by atoms with Gasteiger partial charge in [0.1, 0.15) is 6.04 Å². The minimum absolute atomic E-state index is 0.336. The average Bonchev–Trinajstić information content (AvgIpc) is 2.56. The molecule has 6 nitrogen and oxygen atoms in total. The largest absolute Gasteiger partial charge is 0.490 e. The number of nitrogens with two attached hydrogens (primary N) is 1. The molecule has 0 saturated heterocycles. The van der Waals surface area contributed by atoms with Gasteiger partial charge in [-0.15, -0.1) is 0 Å². The normalized spacial score (nSPS) is 11.8. The molecule has 1 heterocycles. The number of aromatic nitrogens is 1. The molecule has 0 unspecified atom stereocenters. The summed E-state index contributed by atoms with van der Waals surface area (Å²) in [6, 6.07) is 10.7. The van der Waals surface area contributed by atoms with Gasteiger partial charge in [-0.1, -0.05) is 30.3 Å². The Morgan fingerprint density at radius 3 is 2.04 bits per heavy atom. The summed E-state index contributed by atoms with van der Waals surface area (Å²) in [5.74, 6) is -3.74. The number of nitrogens with zero attached hydrogens (tertiary/aromatic N) is 1. The van der Waals surface area contributed by atoms with Crippen molar-refractivity contribution in [3.8, 4) is 11.1 Å². The summed E-state index contributed by atoms with van der Waals surface area (Å²) in [7, 11) is 0. The summed E-state index contributed by atoms with van der Waals surface area (Å²) in [6.45, 7) is 0. The van der Waals surface area contributed by atoms with Crippen molar-refractivity contribution in [1.29, 1.82) is 0 Å². The molecule has 0 aliphatic rings. The fraction of sp³-hybridized carbons (Fsp3) is 0.188. The Morgan fingerprint density at radius 2 is 1.64 bits per heavy atom. The third-order valence-electron chi connectivity index (χ3n) is 2.96. The topological polar surface area (TPSA) is 114 Å². The van der Waals surface area contributed by atoms with Gasteiger partial charge in [-0.05, 0) is 29.2 Å². The fourth-order valence-electron chi connectivity index (χ4n) is 1.71. The third-order valence-corrected chi connectivity index (χ3v) is 2.96. The number of benzene rings is 1. The van der Waals surface area contributed by atoms with Crippen LogP contribution in [0.15, 0.2) is 48.8 Å². The van der Waals surface area contributed by atoms with Crippen LogP contribution in [0.3, 0.4) is 0 Å². The van der Waals surface area contributed by atoms with Crippen LogP contribution in [0, 0.1) is 0 Å². The highest BCUT2D eigenvalue weighted by Crippen LogP contribution is 2.18. The Hall–Kier alpha value is -2.94. The van der Waals surface area contributed by atoms with E-state index in [2.05, 4.69) is 4.98 Å². The molecular formula is C16H15F3N2O4. The Morgan fingerprint density at radius 1 is 1.08 bits per heavy atom. The second kappa shape index (κ2) is 8.78. The smallest absolute Gasteiger partial charge is 0.480 e. The van der Waals surface area contributed by atoms with E-state index < -0.39 is 24.2 Å². The summed E-state index contributed by atoms with van der Waals surface area (Å²) >= 11 is 0. The van der Waals surface area contributed by atoms with Gasteiger partial charge in [0.05, 0.1) is 0 Å². The van der Waals surface area contributed by atoms with Gasteiger partial charge in [0, 0.05) is 12.4 Å². The lowest BCUT2D eigenvalue weighted by Crippen LogP contribution is -2.32. The summed E-state index contributed by atoms with van der Waals surface area (Å²) in [5.41, 5.74) is 8.49. The number of carboxylic acids is 2. The molecule has 4 N–H and O–H groups in total. The molecule has 1 aromatic heterocycles. The summed E-state index contributed by atoms with van der Waals surface area (Å²) in [5, 5.41) is 15.9. The lowest BCUT2D eigenvalue weighted by Gasteiger charge is -2.07. The van der Waals surface area contributed by atoms with Gasteiger partial charge in [-0.2, -0.15) is 13.2 Å². The van der Waals surface area contributed by atoms with Crippen LogP contribution in [0.2, 0.25) is 0 Å². The first-order chi connectivity index (χ1) is 11.6. The van der Waals surface area contributed by atoms with Gasteiger partial charge < -0.3 is 15.9 Å². The van der Waals surface area contributed by atoms with Crippen molar-refractivity contribution in [1.82, 2.24) is 4.98 Å². The van der Waals surface area contributed by atoms with Crippen LogP contribution < -0.4 is 5.73 Å². The second-order valence-corrected chi connectivity index (χ2v) is 4.89. The maximum absolute atomic E-state index is 10.7. The Labute approximate surface area is 140 Å². The van der Waals surface area contributed by atoms with Crippen molar-refractivity contribution < 1.29 is 33.0 Å². The van der Waals surface area contributed by atoms with Crippen molar-refractivity contribution in [2.75, 3.05) is 0 Å². The van der Waals surface area contributed by atoms with Crippen molar-refractivity contribution >= 4 is 11.9 Å². The van der Waals surface area contributed by atoms with Crippen molar-refractivity contribution in [2.45, 2.75) is 18.6 Å². The highest BCUT2D eigenvalue weighted by atomic mass is 19.4. The molecule has 0 bridgehead atoms. The maximum Gasteiger partial charge on any atom is 0.490 e. The van der Waals surface area contributed by atoms with E-state index in [-0.39, 0.29) is 0 Å². The minimum Gasteiger partial charge on any atom is -0.480 e. The fourth-order valence-corrected chi connectivity index (χ4v) is 1.71. The second-order valence-electron chi connectivity index (χ2n) is 4.89. The van der Waals surface area contributed by atoms with Crippen molar-refractivity contribution in [2.24, 2.45) is 5.73 Å². The molecule has 0 aliphatic carbocycles. The van der Waals surface area contributed by atoms with Gasteiger partial charge in [-0.25, -0.2) is 4.79 Å². The first kappa shape index (κ1) is 20.1. The number of carbonyl (C=O) groups is 2. The average molecular weight is 356 g/mol. The van der Waals surface area contributed by atoms with E-state index in [9.17, 15) is 18.0 Å². The number of carboxylic acid groups (broad SMARTS) is 2. The van der Waals surface area contributed by atoms with Gasteiger partial charge >= 0.3 is 18.1 Å². The Kier molecular flexibility index (Phi) is 7.06. The van der Waals surface area contributed by atoms with E-state index in [0.29, 0.717) is 6.42 Å². The number of hydrogen-bond acceptors (Lipinski definition) is 4. The van der Waals surface area contributed by atoms with E-state index in [4.69, 9.17) is 20.7 Å². The number of aliphatic carboxylic acids is 2. The van der Waals surface area contributed by atoms with Crippen molar-refractivity contribution in [3.63, 3.8) is 0 Å². The highest BCUT2D eigenvalue weighted by Gasteiger charge is 2.38. The predicted octanol–water partition coefficient (Wildman–Crippen LogP) is 2.34. The van der Waals surface area contributed by atoms with Crippen LogP contribution >= 0.6 is 0 Å². The SMILES string of the molecule is N[C@@H](Cc1ccc(-c2cccnc2)cc1)C(=O)O.O=C(O)C(F)(F)F. The molecule has 0 spiro atoms. The first-order valence-corrected chi connectivity index (χ1v) is 6.89. The maximum atomic E-state index is 10.7. The van der Waals surface area contributed by atoms with Crippen molar-refractivity contribution in [3.05, 3.63) is 54.4 Å². The predicted molar refractivity (Wildman–Crippen MR) is 82.7 cm³/mol. The van der Waals surface area contributed by atoms with E-state index in [1.165, 1.54) is 0 Å². The molecule has 0 aliphatic heterocycles. The summed E-state index contributed by atoms with van der Waals surface area (Å²) < 4.78 is 31.7. The molecule has 0 radical (unpaired) electrons. The van der Waals surface area contributed by atoms with Crippen LogP contribution in [-0.2, 0) is 16.0 Å². The van der Waals surface area contributed by atoms with E-state index in [1.54, 1.807) is 12.4 Å². The molecule has 0 fully saturated rings. The molecule has 0 saturated carbocycles. The van der Waals surface area contributed by atoms with E-state index in [1.807, 2.05) is 36.4 Å². The minimum atomic E-state index is -5.08. The van der Waals surface area contributed by atoms with E-state index in [0.717, 1.165) is 16.7 Å². The van der Waals surface area contributed by atoms with Gasteiger partial charge in [0.15, 0.2) is 0 Å². The number of halogens is 3. The molecule has 9 heteroatoms. The summed E-state index contributed by atoms with van der Waals surface area (Å²) in [4.78, 5) is 23.6. The molecule has 134 valence electrons. The number of hydrogen-bond donors (Lipinski definition) is 3. The zero-order valence-electron chi connectivity index (χ0n) is 12.8. The van der Waals surface area contributed by atoms with Crippen LogP contribution in [0.1, 0.15) is 5.56 Å². The monoisotopic (exact) mass is 356 g/mol. The molecule has 25 heavy (non-hydrogen) atoms. The molecular weight excluding hydrogens is 341 g/mol. The summed E-state index contributed by atoms with van der Waals surface area (Å²) in [6.07, 6.45) is -1.23. The van der Waals surface area contributed by atoms with Crippen LogP contribution in [-0.4, -0.2) is 39.4 Å². The highest BCUT2D eigenvalue weighted by molar-refractivity contribution is 5.73. The molecule has 2 rings (SSSR count). The van der Waals surface area contributed by atoms with E-state index >= 15 is 0 Å². The lowest BCUT2D eigenvalue weighted by molar-refractivity contribution is -0.192. The molecule has 1 atom stereocenters. The number of rotatable bonds is 4. The zero-order valence-corrected chi connectivity index (χ0v) is 12.8. The number of alkyl halides is 3. The number of pyridine rings is 1. The van der Waals surface area contributed by atoms with Gasteiger partial charge in [-0.3, -0.25) is 9.78 Å². The lowest BCUT2D eigenvalue weighted by atomic mass is 10.0. The third kappa shape index (κ3) is 7.00. The van der Waals surface area contributed by atoms with Gasteiger partial charge in [0.2, 0.25) is 0 Å². The quantitative estimate of drug-likeness (QED) is 0.775. The molecule has 0 amide bonds. The first-order valence-electron chi connectivity index (χ1n) is 6.89. The molecule has 2 aromatic rings. The van der Waals surface area contributed by atoms with Crippen LogP contribution in [0.25, 0.3) is 11.1 Å². The zero-order chi connectivity index (χ0) is 19.0. The van der Waals surface area contributed by atoms with Crippen LogP contribution in [0.5, 0.6) is 0 Å². The Balaban J connectivity index is 0.000000381. The van der Waals surface area contributed by atoms with Gasteiger partial charge in [0.25, 0.3) is 0 Å².